The van der Waals surface area contributed by atoms with E-state index in [-0.39, 0.29) is 6.42 Å². The Morgan fingerprint density at radius 2 is 1.94 bits per heavy atom. The van der Waals surface area contributed by atoms with Gasteiger partial charge in [-0.1, -0.05) is 11.6 Å². The Balaban J connectivity index is 2.09. The zero-order valence-electron chi connectivity index (χ0n) is 8.97. The lowest BCUT2D eigenvalue weighted by Crippen LogP contribution is -2.08. The Morgan fingerprint density at radius 1 is 1.18 bits per heavy atom. The zero-order valence-corrected chi connectivity index (χ0v) is 9.72. The van der Waals surface area contributed by atoms with Crippen molar-refractivity contribution in [3.63, 3.8) is 0 Å². The number of fused-ring (bicyclic) bond motifs is 1. The van der Waals surface area contributed by atoms with Crippen LogP contribution < -0.4 is 0 Å². The molecule has 1 aromatic heterocycles. The molecule has 0 aliphatic carbocycles. The summed E-state index contributed by atoms with van der Waals surface area (Å²) in [6, 6.07) is 7.22. The molecule has 0 saturated carbocycles. The van der Waals surface area contributed by atoms with Crippen molar-refractivity contribution in [2.24, 2.45) is 0 Å². The van der Waals surface area contributed by atoms with Gasteiger partial charge in [0.05, 0.1) is 0 Å². The summed E-state index contributed by atoms with van der Waals surface area (Å²) >= 11 is 5.83. The van der Waals surface area contributed by atoms with Crippen molar-refractivity contribution in [2.45, 2.75) is 25.6 Å². The summed E-state index contributed by atoms with van der Waals surface area (Å²) < 4.78 is 37.9. The minimum absolute atomic E-state index is 0.0932. The molecular weight excluding hydrogens is 251 g/mol. The van der Waals surface area contributed by atoms with E-state index in [1.54, 1.807) is 18.3 Å². The van der Waals surface area contributed by atoms with Crippen LogP contribution in [0, 0.1) is 0 Å². The molecule has 92 valence electrons. The van der Waals surface area contributed by atoms with Gasteiger partial charge in [0.1, 0.15) is 0 Å². The van der Waals surface area contributed by atoms with Crippen molar-refractivity contribution in [2.75, 3.05) is 0 Å². The molecule has 1 heterocycles. The van der Waals surface area contributed by atoms with Crippen LogP contribution in [0.2, 0.25) is 5.02 Å². The maximum absolute atomic E-state index is 12.0. The van der Waals surface area contributed by atoms with Crippen molar-refractivity contribution in [3.05, 3.63) is 35.5 Å². The van der Waals surface area contributed by atoms with Gasteiger partial charge in [-0.05, 0) is 30.7 Å². The fourth-order valence-electron chi connectivity index (χ4n) is 1.82. The molecule has 0 saturated heterocycles. The summed E-state index contributed by atoms with van der Waals surface area (Å²) in [6.45, 7) is 0.366. The van der Waals surface area contributed by atoms with E-state index in [9.17, 15) is 13.2 Å². The van der Waals surface area contributed by atoms with Crippen LogP contribution in [0.5, 0.6) is 0 Å². The summed E-state index contributed by atoms with van der Waals surface area (Å²) in [5, 5.41) is 1.58. The van der Waals surface area contributed by atoms with E-state index in [0.29, 0.717) is 11.6 Å². The minimum atomic E-state index is -4.08. The molecular formula is C12H11ClF3N. The van der Waals surface area contributed by atoms with Crippen molar-refractivity contribution < 1.29 is 13.2 Å². The van der Waals surface area contributed by atoms with Crippen molar-refractivity contribution >= 4 is 22.5 Å². The van der Waals surface area contributed by atoms with Gasteiger partial charge in [-0.2, -0.15) is 13.2 Å². The fraction of sp³-hybridized carbons (Fsp3) is 0.333. The summed E-state index contributed by atoms with van der Waals surface area (Å²) in [5.41, 5.74) is 0.913. The summed E-state index contributed by atoms with van der Waals surface area (Å²) in [5.74, 6) is 0. The van der Waals surface area contributed by atoms with Crippen LogP contribution in [0.4, 0.5) is 13.2 Å². The monoisotopic (exact) mass is 261 g/mol. The lowest BCUT2D eigenvalue weighted by Gasteiger charge is -2.08. The normalized spacial score (nSPS) is 12.2. The van der Waals surface area contributed by atoms with Crippen LogP contribution in [-0.4, -0.2) is 10.7 Å². The molecule has 0 amide bonds. The van der Waals surface area contributed by atoms with Gasteiger partial charge in [0, 0.05) is 35.1 Å². The number of halogens is 4. The Labute approximate surface area is 102 Å². The molecule has 5 heteroatoms. The van der Waals surface area contributed by atoms with Crippen LogP contribution in [0.25, 0.3) is 10.9 Å². The molecule has 0 aliphatic heterocycles. The van der Waals surface area contributed by atoms with E-state index in [1.165, 1.54) is 0 Å². The number of hydrogen-bond acceptors (Lipinski definition) is 0. The van der Waals surface area contributed by atoms with Gasteiger partial charge in [-0.3, -0.25) is 0 Å². The summed E-state index contributed by atoms with van der Waals surface area (Å²) in [7, 11) is 0. The smallest absolute Gasteiger partial charge is 0.347 e. The molecule has 0 fully saturated rings. The first-order valence-electron chi connectivity index (χ1n) is 5.27. The second-order valence-electron chi connectivity index (χ2n) is 3.93. The zero-order chi connectivity index (χ0) is 12.5. The molecule has 0 unspecified atom stereocenters. The lowest BCUT2D eigenvalue weighted by atomic mass is 10.2. The van der Waals surface area contributed by atoms with Crippen LogP contribution in [-0.2, 0) is 6.54 Å². The SMILES string of the molecule is FC(F)(F)CCCn1ccc2cc(Cl)ccc21. The highest BCUT2D eigenvalue weighted by Crippen LogP contribution is 2.24. The van der Waals surface area contributed by atoms with E-state index < -0.39 is 12.6 Å². The molecule has 1 nitrogen and oxygen atoms in total. The summed E-state index contributed by atoms with van der Waals surface area (Å²) in [6.07, 6.45) is -2.94. The number of alkyl halides is 3. The maximum Gasteiger partial charge on any atom is 0.389 e. The largest absolute Gasteiger partial charge is 0.389 e. The van der Waals surface area contributed by atoms with E-state index >= 15 is 0 Å². The molecule has 0 atom stereocenters. The standard InChI is InChI=1S/C12H11ClF3N/c13-10-2-3-11-9(8-10)4-7-17(11)6-1-5-12(14,15)16/h2-4,7-8H,1,5-6H2. The highest BCUT2D eigenvalue weighted by atomic mass is 35.5. The predicted octanol–water partition coefficient (Wildman–Crippen LogP) is 4.64. The molecule has 17 heavy (non-hydrogen) atoms. The van der Waals surface area contributed by atoms with Gasteiger partial charge in [0.2, 0.25) is 0 Å². The number of nitrogens with zero attached hydrogens (tertiary/aromatic N) is 1. The second-order valence-corrected chi connectivity index (χ2v) is 4.37. The van der Waals surface area contributed by atoms with Gasteiger partial charge in [0.25, 0.3) is 0 Å². The highest BCUT2D eigenvalue weighted by molar-refractivity contribution is 6.31. The van der Waals surface area contributed by atoms with Gasteiger partial charge in [-0.15, -0.1) is 0 Å². The Morgan fingerprint density at radius 3 is 2.65 bits per heavy atom. The molecule has 0 spiro atoms. The molecule has 2 rings (SSSR count). The van der Waals surface area contributed by atoms with E-state index in [1.807, 2.05) is 16.7 Å². The minimum Gasteiger partial charge on any atom is -0.347 e. The van der Waals surface area contributed by atoms with E-state index in [2.05, 4.69) is 0 Å². The van der Waals surface area contributed by atoms with Crippen LogP contribution in [0.3, 0.4) is 0 Å². The molecule has 1 aromatic carbocycles. The quantitative estimate of drug-likeness (QED) is 0.759. The Hall–Kier alpha value is -1.16. The maximum atomic E-state index is 12.0. The average molecular weight is 262 g/mol. The first-order valence-corrected chi connectivity index (χ1v) is 5.65. The number of hydrogen-bond donors (Lipinski definition) is 0. The van der Waals surface area contributed by atoms with Crippen molar-refractivity contribution in [1.82, 2.24) is 4.57 Å². The number of rotatable bonds is 3. The number of benzene rings is 1. The van der Waals surface area contributed by atoms with Gasteiger partial charge in [-0.25, -0.2) is 0 Å². The topological polar surface area (TPSA) is 4.93 Å². The lowest BCUT2D eigenvalue weighted by molar-refractivity contribution is -0.135. The third kappa shape index (κ3) is 3.16. The number of aromatic nitrogens is 1. The Kier molecular flexibility index (Phi) is 3.33. The van der Waals surface area contributed by atoms with Crippen molar-refractivity contribution in [1.29, 1.82) is 0 Å². The van der Waals surface area contributed by atoms with E-state index in [0.717, 1.165) is 10.9 Å². The second kappa shape index (κ2) is 4.61. The molecule has 0 bridgehead atoms. The van der Waals surface area contributed by atoms with Gasteiger partial charge in [0.15, 0.2) is 0 Å². The first kappa shape index (κ1) is 12.3. The van der Waals surface area contributed by atoms with Crippen LogP contribution in [0.15, 0.2) is 30.5 Å². The molecule has 2 aromatic rings. The van der Waals surface area contributed by atoms with Gasteiger partial charge < -0.3 is 4.57 Å². The number of aryl methyl sites for hydroxylation is 1. The predicted molar refractivity (Wildman–Crippen MR) is 62.2 cm³/mol. The molecule has 0 N–H and O–H groups in total. The average Bonchev–Trinajstić information content (AvgIpc) is 2.59. The van der Waals surface area contributed by atoms with Crippen LogP contribution >= 0.6 is 11.6 Å². The third-order valence-electron chi connectivity index (χ3n) is 2.59. The summed E-state index contributed by atoms with van der Waals surface area (Å²) in [4.78, 5) is 0. The highest BCUT2D eigenvalue weighted by Gasteiger charge is 2.26. The third-order valence-corrected chi connectivity index (χ3v) is 2.83. The molecule has 0 aliphatic rings. The van der Waals surface area contributed by atoms with Gasteiger partial charge >= 0.3 is 6.18 Å². The van der Waals surface area contributed by atoms with Crippen molar-refractivity contribution in [3.8, 4) is 0 Å². The Bertz CT molecular complexity index is 516. The fourth-order valence-corrected chi connectivity index (χ4v) is 2.00. The first-order chi connectivity index (χ1) is 7.96. The van der Waals surface area contributed by atoms with Crippen LogP contribution in [0.1, 0.15) is 12.8 Å². The van der Waals surface area contributed by atoms with E-state index in [4.69, 9.17) is 11.6 Å². The molecule has 0 radical (unpaired) electrons.